The number of methoxy groups -OCH3 is 1. The van der Waals surface area contributed by atoms with Crippen molar-refractivity contribution in [2.75, 3.05) is 12.4 Å². The summed E-state index contributed by atoms with van der Waals surface area (Å²) in [6, 6.07) is 7.70. The molecule has 5 nitrogen and oxygen atoms in total. The van der Waals surface area contributed by atoms with E-state index in [0.29, 0.717) is 11.7 Å². The Kier molecular flexibility index (Phi) is 4.19. The number of anilines is 1. The van der Waals surface area contributed by atoms with Gasteiger partial charge in [0.05, 0.1) is 12.7 Å². The van der Waals surface area contributed by atoms with Gasteiger partial charge >= 0.3 is 7.12 Å². The Bertz CT molecular complexity index is 501. The lowest BCUT2D eigenvalue weighted by Crippen LogP contribution is -2.30. The number of thiazole rings is 1. The lowest BCUT2D eigenvalue weighted by atomic mass is 9.88. The molecule has 7 heteroatoms. The van der Waals surface area contributed by atoms with Gasteiger partial charge in [0.25, 0.3) is 0 Å². The average Bonchev–Trinajstić information content (AvgIpc) is 2.86. The predicted molar refractivity (Wildman–Crippen MR) is 72.3 cm³/mol. The van der Waals surface area contributed by atoms with Crippen LogP contribution in [0, 0.1) is 0 Å². The molecular weight excluding hydrogens is 251 g/mol. The van der Waals surface area contributed by atoms with Crippen LogP contribution in [0.15, 0.2) is 29.6 Å². The van der Waals surface area contributed by atoms with Crippen LogP contribution in [0.2, 0.25) is 0 Å². The maximum absolute atomic E-state index is 8.94. The Labute approximate surface area is 109 Å². The van der Waals surface area contributed by atoms with Crippen LogP contribution in [-0.4, -0.2) is 29.3 Å². The minimum atomic E-state index is -1.52. The number of hydrogen-bond acceptors (Lipinski definition) is 6. The molecule has 3 N–H and O–H groups in total. The molecule has 1 heterocycles. The molecule has 0 saturated carbocycles. The number of hydrogen-bond donors (Lipinski definition) is 3. The van der Waals surface area contributed by atoms with Crippen LogP contribution < -0.4 is 15.6 Å². The van der Waals surface area contributed by atoms with Crippen LogP contribution in [0.5, 0.6) is 5.75 Å². The molecular formula is C11H13BN2O3S. The van der Waals surface area contributed by atoms with Crippen molar-refractivity contribution in [3.8, 4) is 5.75 Å². The zero-order valence-electron chi connectivity index (χ0n) is 9.83. The van der Waals surface area contributed by atoms with E-state index in [1.54, 1.807) is 12.5 Å². The highest BCUT2D eigenvalue weighted by Gasteiger charge is 2.14. The van der Waals surface area contributed by atoms with Crippen molar-refractivity contribution < 1.29 is 14.8 Å². The van der Waals surface area contributed by atoms with E-state index in [4.69, 9.17) is 14.8 Å². The van der Waals surface area contributed by atoms with Gasteiger partial charge in [-0.1, -0.05) is 12.1 Å². The van der Waals surface area contributed by atoms with Crippen molar-refractivity contribution in [3.05, 3.63) is 35.2 Å². The second kappa shape index (κ2) is 5.86. The van der Waals surface area contributed by atoms with E-state index in [1.807, 2.05) is 24.3 Å². The van der Waals surface area contributed by atoms with E-state index in [-0.39, 0.29) is 5.59 Å². The zero-order chi connectivity index (χ0) is 13.0. The zero-order valence-corrected chi connectivity index (χ0v) is 10.6. The molecule has 94 valence electrons. The third-order valence-electron chi connectivity index (χ3n) is 2.39. The molecule has 0 amide bonds. The number of rotatable bonds is 5. The highest BCUT2D eigenvalue weighted by atomic mass is 32.1. The van der Waals surface area contributed by atoms with E-state index >= 15 is 0 Å². The number of nitrogens with one attached hydrogen (secondary N) is 1. The van der Waals surface area contributed by atoms with E-state index in [2.05, 4.69) is 10.3 Å². The minimum absolute atomic E-state index is 0.261. The van der Waals surface area contributed by atoms with Crippen molar-refractivity contribution in [1.29, 1.82) is 0 Å². The molecule has 0 radical (unpaired) electrons. The van der Waals surface area contributed by atoms with E-state index in [1.165, 1.54) is 11.3 Å². The molecule has 0 atom stereocenters. The fourth-order valence-electron chi connectivity index (χ4n) is 1.41. The summed E-state index contributed by atoms with van der Waals surface area (Å²) in [5.41, 5.74) is 1.36. The smallest absolute Gasteiger partial charge is 0.497 e. The molecule has 0 saturated heterocycles. The number of aromatic nitrogens is 1. The van der Waals surface area contributed by atoms with Crippen molar-refractivity contribution in [3.63, 3.8) is 0 Å². The third kappa shape index (κ3) is 3.22. The van der Waals surface area contributed by atoms with Gasteiger partial charge in [-0.3, -0.25) is 0 Å². The van der Waals surface area contributed by atoms with Crippen LogP contribution in [-0.2, 0) is 6.54 Å². The number of benzene rings is 1. The Morgan fingerprint density at radius 3 is 2.61 bits per heavy atom. The summed E-state index contributed by atoms with van der Waals surface area (Å²) in [5.74, 6) is 0.818. The average molecular weight is 264 g/mol. The summed E-state index contributed by atoms with van der Waals surface area (Å²) in [5, 5.41) is 23.3. The van der Waals surface area contributed by atoms with Crippen molar-refractivity contribution in [2.24, 2.45) is 0 Å². The topological polar surface area (TPSA) is 74.6 Å². The van der Waals surface area contributed by atoms with E-state index < -0.39 is 7.12 Å². The summed E-state index contributed by atoms with van der Waals surface area (Å²) in [7, 11) is 0.114. The summed E-state index contributed by atoms with van der Waals surface area (Å²) in [6.45, 7) is 0.623. The Morgan fingerprint density at radius 2 is 2.06 bits per heavy atom. The maximum Gasteiger partial charge on any atom is 0.509 e. The molecule has 0 aliphatic carbocycles. The fraction of sp³-hybridized carbons (Fsp3) is 0.182. The largest absolute Gasteiger partial charge is 0.509 e. The molecule has 2 aromatic rings. The van der Waals surface area contributed by atoms with Gasteiger partial charge in [-0.25, -0.2) is 4.98 Å². The van der Waals surface area contributed by atoms with E-state index in [0.717, 1.165) is 11.3 Å². The molecule has 0 unspecified atom stereocenters. The molecule has 1 aromatic heterocycles. The van der Waals surface area contributed by atoms with Crippen LogP contribution in [0.25, 0.3) is 0 Å². The molecule has 0 aliphatic rings. The maximum atomic E-state index is 8.94. The van der Waals surface area contributed by atoms with Crippen molar-refractivity contribution in [2.45, 2.75) is 6.54 Å². The van der Waals surface area contributed by atoms with Crippen LogP contribution >= 0.6 is 11.3 Å². The predicted octanol–water partition coefficient (Wildman–Crippen LogP) is 0.444. The lowest BCUT2D eigenvalue weighted by molar-refractivity contribution is 0.414. The summed E-state index contributed by atoms with van der Waals surface area (Å²) in [4.78, 5) is 4.04. The third-order valence-corrected chi connectivity index (χ3v) is 3.21. The highest BCUT2D eigenvalue weighted by Crippen LogP contribution is 2.14. The minimum Gasteiger partial charge on any atom is -0.497 e. The number of ether oxygens (including phenoxy) is 1. The second-order valence-electron chi connectivity index (χ2n) is 3.65. The van der Waals surface area contributed by atoms with Gasteiger partial charge in [-0.05, 0) is 17.7 Å². The summed E-state index contributed by atoms with van der Waals surface area (Å²) >= 11 is 1.34. The van der Waals surface area contributed by atoms with Gasteiger partial charge in [-0.2, -0.15) is 0 Å². The molecule has 0 bridgehead atoms. The summed E-state index contributed by atoms with van der Waals surface area (Å²) in [6.07, 6.45) is 0. The molecule has 0 aliphatic heterocycles. The first-order chi connectivity index (χ1) is 8.69. The quantitative estimate of drug-likeness (QED) is 0.683. The Hall–Kier alpha value is -1.57. The Morgan fingerprint density at radius 1 is 1.33 bits per heavy atom. The first kappa shape index (κ1) is 12.9. The lowest BCUT2D eigenvalue weighted by Gasteiger charge is -2.04. The normalized spacial score (nSPS) is 10.2. The SMILES string of the molecule is COc1ccc(CNc2nc(B(O)O)cs2)cc1. The van der Waals surface area contributed by atoms with Crippen LogP contribution in [0.1, 0.15) is 5.56 Å². The second-order valence-corrected chi connectivity index (χ2v) is 4.51. The fourth-order valence-corrected chi connectivity index (χ4v) is 2.13. The van der Waals surface area contributed by atoms with Gasteiger partial charge in [-0.15, -0.1) is 11.3 Å². The van der Waals surface area contributed by atoms with Crippen LogP contribution in [0.4, 0.5) is 5.13 Å². The highest BCUT2D eigenvalue weighted by molar-refractivity contribution is 7.14. The van der Waals surface area contributed by atoms with Crippen molar-refractivity contribution >= 4 is 29.2 Å². The molecule has 0 spiro atoms. The van der Waals surface area contributed by atoms with Gasteiger partial charge < -0.3 is 20.1 Å². The summed E-state index contributed by atoms with van der Waals surface area (Å²) < 4.78 is 5.08. The van der Waals surface area contributed by atoms with E-state index in [9.17, 15) is 0 Å². The van der Waals surface area contributed by atoms with Gasteiger partial charge in [0.1, 0.15) is 5.75 Å². The monoisotopic (exact) mass is 264 g/mol. The molecule has 2 rings (SSSR count). The molecule has 1 aromatic carbocycles. The van der Waals surface area contributed by atoms with Gasteiger partial charge in [0, 0.05) is 11.9 Å². The van der Waals surface area contributed by atoms with Gasteiger partial charge in [0.15, 0.2) is 5.13 Å². The standard InChI is InChI=1S/C11H13BN2O3S/c1-17-9-4-2-8(3-5-9)6-13-11-14-10(7-18-11)12(15)16/h2-5,7,15-16H,6H2,1H3,(H,13,14). The molecule has 18 heavy (non-hydrogen) atoms. The Balaban J connectivity index is 1.93. The first-order valence-electron chi connectivity index (χ1n) is 5.37. The van der Waals surface area contributed by atoms with Crippen LogP contribution in [0.3, 0.4) is 0 Å². The van der Waals surface area contributed by atoms with Gasteiger partial charge in [0.2, 0.25) is 0 Å². The van der Waals surface area contributed by atoms with Crippen molar-refractivity contribution in [1.82, 2.24) is 4.98 Å². The first-order valence-corrected chi connectivity index (χ1v) is 6.25. The number of nitrogens with zero attached hydrogens (tertiary/aromatic N) is 1. The molecule has 0 fully saturated rings.